The highest BCUT2D eigenvalue weighted by molar-refractivity contribution is 5.88. The predicted molar refractivity (Wildman–Crippen MR) is 66.7 cm³/mol. The Kier molecular flexibility index (Phi) is 3.92. The maximum atomic E-state index is 13.7. The number of carbonyl (C=O) groups is 1. The summed E-state index contributed by atoms with van der Waals surface area (Å²) in [6.07, 6.45) is -0.286. The van der Waals surface area contributed by atoms with Crippen molar-refractivity contribution in [2.24, 2.45) is 0 Å². The Balaban J connectivity index is 2.04. The van der Waals surface area contributed by atoms with Crippen LogP contribution in [0.1, 0.15) is 24.2 Å². The Morgan fingerprint density at radius 1 is 1.45 bits per heavy atom. The monoisotopic (exact) mass is 287 g/mol. The zero-order valence-electron chi connectivity index (χ0n) is 11.1. The van der Waals surface area contributed by atoms with E-state index < -0.39 is 29.0 Å². The minimum atomic E-state index is -1.51. The molecule has 2 N–H and O–H groups in total. The summed E-state index contributed by atoms with van der Waals surface area (Å²) in [5.74, 6) is -4.81. The van der Waals surface area contributed by atoms with E-state index in [1.165, 1.54) is 6.07 Å². The van der Waals surface area contributed by atoms with Crippen molar-refractivity contribution in [2.45, 2.75) is 25.7 Å². The molecule has 1 aliphatic rings. The minimum Gasteiger partial charge on any atom is -0.478 e. The molecule has 20 heavy (non-hydrogen) atoms. The van der Waals surface area contributed by atoms with Gasteiger partial charge in [0.15, 0.2) is 17.4 Å². The van der Waals surface area contributed by atoms with E-state index in [1.807, 2.05) is 0 Å². The van der Waals surface area contributed by atoms with Gasteiger partial charge in [0, 0.05) is 6.54 Å². The van der Waals surface area contributed by atoms with E-state index in [0.717, 1.165) is 6.07 Å². The molecule has 1 atom stereocenters. The van der Waals surface area contributed by atoms with Gasteiger partial charge >= 0.3 is 5.97 Å². The smallest absolute Gasteiger partial charge is 0.338 e. The number of benzene rings is 1. The zero-order chi connectivity index (χ0) is 14.9. The zero-order valence-corrected chi connectivity index (χ0v) is 11.1. The molecular formula is C13H15F2NO4. The minimum absolute atomic E-state index is 0.110. The van der Waals surface area contributed by atoms with Gasteiger partial charge in [0.05, 0.1) is 17.9 Å². The van der Waals surface area contributed by atoms with E-state index in [4.69, 9.17) is 14.6 Å². The molecule has 2 rings (SSSR count). The molecule has 1 heterocycles. The van der Waals surface area contributed by atoms with Gasteiger partial charge in [-0.3, -0.25) is 0 Å². The topological polar surface area (TPSA) is 67.8 Å². The number of hydrogen-bond acceptors (Lipinski definition) is 4. The van der Waals surface area contributed by atoms with E-state index in [2.05, 4.69) is 5.32 Å². The standard InChI is InChI=1S/C13H15F2NO4/c1-13(2)19-6-7(20-13)5-16-9-4-3-8(12(17)18)10(14)11(9)15/h3-4,7,16H,5-6H2,1-2H3,(H,17,18). The molecule has 0 saturated carbocycles. The van der Waals surface area contributed by atoms with Crippen molar-refractivity contribution in [1.29, 1.82) is 0 Å². The highest BCUT2D eigenvalue weighted by Gasteiger charge is 2.32. The average molecular weight is 287 g/mol. The third-order valence-corrected chi connectivity index (χ3v) is 2.90. The third-order valence-electron chi connectivity index (χ3n) is 2.90. The fourth-order valence-electron chi connectivity index (χ4n) is 1.94. The first-order valence-electron chi connectivity index (χ1n) is 6.07. The second kappa shape index (κ2) is 5.34. The lowest BCUT2D eigenvalue weighted by molar-refractivity contribution is -0.136. The number of ether oxygens (including phenoxy) is 2. The quantitative estimate of drug-likeness (QED) is 0.888. The summed E-state index contributed by atoms with van der Waals surface area (Å²) in [7, 11) is 0. The molecular weight excluding hydrogens is 272 g/mol. The summed E-state index contributed by atoms with van der Waals surface area (Å²) in [6.45, 7) is 4.09. The first-order valence-corrected chi connectivity index (χ1v) is 6.07. The van der Waals surface area contributed by atoms with Crippen LogP contribution in [0.2, 0.25) is 0 Å². The van der Waals surface area contributed by atoms with Crippen LogP contribution in [-0.2, 0) is 9.47 Å². The highest BCUT2D eigenvalue weighted by Crippen LogP contribution is 2.24. The fourth-order valence-corrected chi connectivity index (χ4v) is 1.94. The van der Waals surface area contributed by atoms with Crippen LogP contribution in [-0.4, -0.2) is 36.1 Å². The molecule has 0 aliphatic carbocycles. The Hall–Kier alpha value is -1.73. The molecule has 0 amide bonds. The molecule has 0 radical (unpaired) electrons. The summed E-state index contributed by atoms with van der Waals surface area (Å²) in [6, 6.07) is 2.20. The highest BCUT2D eigenvalue weighted by atomic mass is 19.2. The number of anilines is 1. The second-order valence-electron chi connectivity index (χ2n) is 4.93. The molecule has 7 heteroatoms. The van der Waals surface area contributed by atoms with E-state index >= 15 is 0 Å². The van der Waals surface area contributed by atoms with Gasteiger partial charge in [-0.1, -0.05) is 0 Å². The molecule has 1 aromatic rings. The van der Waals surface area contributed by atoms with Crippen LogP contribution in [0.25, 0.3) is 0 Å². The van der Waals surface area contributed by atoms with Gasteiger partial charge in [0.1, 0.15) is 6.10 Å². The number of carboxylic acids is 1. The van der Waals surface area contributed by atoms with Gasteiger partial charge in [-0.2, -0.15) is 0 Å². The van der Waals surface area contributed by atoms with Crippen LogP contribution >= 0.6 is 0 Å². The molecule has 1 aliphatic heterocycles. The number of nitrogens with one attached hydrogen (secondary N) is 1. The average Bonchev–Trinajstić information content (AvgIpc) is 2.70. The van der Waals surface area contributed by atoms with Crippen LogP contribution in [0.3, 0.4) is 0 Å². The van der Waals surface area contributed by atoms with Gasteiger partial charge in [-0.25, -0.2) is 13.6 Å². The molecule has 1 saturated heterocycles. The fraction of sp³-hybridized carbons (Fsp3) is 0.462. The molecule has 1 unspecified atom stereocenters. The lowest BCUT2D eigenvalue weighted by Gasteiger charge is -2.17. The summed E-state index contributed by atoms with van der Waals surface area (Å²) in [5.41, 5.74) is -0.810. The Bertz CT molecular complexity index is 533. The number of aromatic carboxylic acids is 1. The largest absolute Gasteiger partial charge is 0.478 e. The molecule has 110 valence electrons. The van der Waals surface area contributed by atoms with Crippen molar-refractivity contribution < 1.29 is 28.2 Å². The Morgan fingerprint density at radius 2 is 2.15 bits per heavy atom. The van der Waals surface area contributed by atoms with Crippen molar-refractivity contribution in [3.05, 3.63) is 29.3 Å². The van der Waals surface area contributed by atoms with Gasteiger partial charge in [0.2, 0.25) is 0 Å². The summed E-state index contributed by atoms with van der Waals surface area (Å²) < 4.78 is 38.0. The first kappa shape index (κ1) is 14.7. The van der Waals surface area contributed by atoms with Crippen LogP contribution in [0.4, 0.5) is 14.5 Å². The number of halogens is 2. The van der Waals surface area contributed by atoms with Crippen molar-refractivity contribution >= 4 is 11.7 Å². The SMILES string of the molecule is CC1(C)OCC(CNc2ccc(C(=O)O)c(F)c2F)O1. The van der Waals surface area contributed by atoms with Crippen molar-refractivity contribution in [2.75, 3.05) is 18.5 Å². The lowest BCUT2D eigenvalue weighted by Crippen LogP contribution is -2.26. The van der Waals surface area contributed by atoms with Gasteiger partial charge in [-0.05, 0) is 26.0 Å². The molecule has 0 bridgehead atoms. The summed E-state index contributed by atoms with van der Waals surface area (Å²) in [4.78, 5) is 10.7. The number of hydrogen-bond donors (Lipinski definition) is 2. The normalized spacial score (nSPS) is 20.9. The van der Waals surface area contributed by atoms with Gasteiger partial charge in [-0.15, -0.1) is 0 Å². The summed E-state index contributed by atoms with van der Waals surface area (Å²) >= 11 is 0. The summed E-state index contributed by atoms with van der Waals surface area (Å²) in [5, 5.41) is 11.4. The van der Waals surface area contributed by atoms with Crippen LogP contribution in [0.5, 0.6) is 0 Å². The molecule has 0 spiro atoms. The number of rotatable bonds is 4. The molecule has 1 aromatic carbocycles. The molecule has 0 aromatic heterocycles. The number of carboxylic acid groups (broad SMARTS) is 1. The van der Waals surface area contributed by atoms with Crippen molar-refractivity contribution in [3.63, 3.8) is 0 Å². The van der Waals surface area contributed by atoms with Crippen molar-refractivity contribution in [3.8, 4) is 0 Å². The molecule has 1 fully saturated rings. The maximum absolute atomic E-state index is 13.7. The van der Waals surface area contributed by atoms with Gasteiger partial charge in [0.25, 0.3) is 0 Å². The Morgan fingerprint density at radius 3 is 2.70 bits per heavy atom. The van der Waals surface area contributed by atoms with Crippen LogP contribution < -0.4 is 5.32 Å². The van der Waals surface area contributed by atoms with Crippen LogP contribution in [0, 0.1) is 11.6 Å². The lowest BCUT2D eigenvalue weighted by atomic mass is 10.1. The van der Waals surface area contributed by atoms with E-state index in [9.17, 15) is 13.6 Å². The maximum Gasteiger partial charge on any atom is 0.338 e. The second-order valence-corrected chi connectivity index (χ2v) is 4.93. The third kappa shape index (κ3) is 3.05. The predicted octanol–water partition coefficient (Wildman–Crippen LogP) is 2.23. The van der Waals surface area contributed by atoms with E-state index in [0.29, 0.717) is 6.61 Å². The van der Waals surface area contributed by atoms with E-state index in [-0.39, 0.29) is 18.3 Å². The molecule has 5 nitrogen and oxygen atoms in total. The first-order chi connectivity index (χ1) is 9.30. The van der Waals surface area contributed by atoms with Gasteiger partial charge < -0.3 is 19.9 Å². The van der Waals surface area contributed by atoms with Crippen molar-refractivity contribution in [1.82, 2.24) is 0 Å². The Labute approximate surface area is 114 Å². The van der Waals surface area contributed by atoms with Crippen LogP contribution in [0.15, 0.2) is 12.1 Å². The van der Waals surface area contributed by atoms with E-state index in [1.54, 1.807) is 13.8 Å².